The quantitative estimate of drug-likeness (QED) is 0.331. The lowest BCUT2D eigenvalue weighted by molar-refractivity contribution is -0.0985. The van der Waals surface area contributed by atoms with Gasteiger partial charge in [-0.1, -0.05) is 32.4 Å². The normalized spacial score (nSPS) is 25.8. The number of hydrogen-bond donors (Lipinski definition) is 0. The maximum Gasteiger partial charge on any atom is 0.411 e. The molecular weight excluding hydrogens is 422 g/mol. The Hall–Kier alpha value is -2.51. The van der Waals surface area contributed by atoms with Crippen molar-refractivity contribution in [3.8, 4) is 0 Å². The SMILES string of the molecule is C=CCOC1=C[C@@]2(CCCC)[C@@H](OCOC)C[C@@H](C1=Cc1ccco1)N2C(=O)OC(C)(C)C. The lowest BCUT2D eigenvalue weighted by atomic mass is 9.85. The van der Waals surface area contributed by atoms with Crippen molar-refractivity contribution in [1.29, 1.82) is 0 Å². The van der Waals surface area contributed by atoms with Gasteiger partial charge in [0.25, 0.3) is 0 Å². The number of furan rings is 1. The topological polar surface area (TPSA) is 70.4 Å². The van der Waals surface area contributed by atoms with Crippen LogP contribution in [0.3, 0.4) is 0 Å². The summed E-state index contributed by atoms with van der Waals surface area (Å²) in [6.45, 7) is 12.1. The van der Waals surface area contributed by atoms with E-state index in [0.29, 0.717) is 18.8 Å². The van der Waals surface area contributed by atoms with Gasteiger partial charge >= 0.3 is 6.09 Å². The zero-order valence-electron chi connectivity index (χ0n) is 20.5. The number of carbonyl (C=O) groups is 1. The highest BCUT2D eigenvalue weighted by Gasteiger charge is 2.60. The molecule has 1 aromatic rings. The molecule has 7 nitrogen and oxygen atoms in total. The van der Waals surface area contributed by atoms with Gasteiger partial charge in [0.05, 0.1) is 23.9 Å². The predicted molar refractivity (Wildman–Crippen MR) is 126 cm³/mol. The minimum absolute atomic E-state index is 0.140. The summed E-state index contributed by atoms with van der Waals surface area (Å²) in [7, 11) is 1.60. The fraction of sp³-hybridized carbons (Fsp3) is 0.577. The van der Waals surface area contributed by atoms with Crippen LogP contribution in [-0.4, -0.2) is 54.8 Å². The van der Waals surface area contributed by atoms with Gasteiger partial charge in [0.2, 0.25) is 0 Å². The van der Waals surface area contributed by atoms with Crippen LogP contribution in [-0.2, 0) is 18.9 Å². The summed E-state index contributed by atoms with van der Waals surface area (Å²) in [6.07, 6.45) is 9.89. The molecule has 0 spiro atoms. The zero-order valence-corrected chi connectivity index (χ0v) is 20.5. The molecule has 2 aliphatic rings. The Morgan fingerprint density at radius 1 is 1.39 bits per heavy atom. The van der Waals surface area contributed by atoms with Crippen molar-refractivity contribution in [3.63, 3.8) is 0 Å². The molecule has 33 heavy (non-hydrogen) atoms. The van der Waals surface area contributed by atoms with Crippen LogP contribution in [0.5, 0.6) is 0 Å². The average Bonchev–Trinajstić information content (AvgIpc) is 3.34. The molecule has 3 heterocycles. The summed E-state index contributed by atoms with van der Waals surface area (Å²) < 4.78 is 29.0. The number of nitrogens with zero attached hydrogens (tertiary/aromatic N) is 1. The molecule has 0 radical (unpaired) electrons. The summed E-state index contributed by atoms with van der Waals surface area (Å²) in [5.41, 5.74) is -0.480. The molecule has 182 valence electrons. The number of hydrogen-bond acceptors (Lipinski definition) is 6. The first-order valence-corrected chi connectivity index (χ1v) is 11.6. The minimum atomic E-state index is -0.710. The van der Waals surface area contributed by atoms with Crippen LogP contribution < -0.4 is 0 Å². The molecule has 0 saturated carbocycles. The van der Waals surface area contributed by atoms with Crippen molar-refractivity contribution in [3.05, 3.63) is 54.2 Å². The van der Waals surface area contributed by atoms with E-state index in [4.69, 9.17) is 23.4 Å². The number of ether oxygens (including phenoxy) is 4. The van der Waals surface area contributed by atoms with Gasteiger partial charge in [0.1, 0.15) is 30.5 Å². The third-order valence-corrected chi connectivity index (χ3v) is 5.89. The summed E-state index contributed by atoms with van der Waals surface area (Å²) in [4.78, 5) is 15.5. The Balaban J connectivity index is 2.16. The number of methoxy groups -OCH3 is 1. The molecule has 0 unspecified atom stereocenters. The minimum Gasteiger partial charge on any atom is -0.489 e. The maximum absolute atomic E-state index is 13.6. The fourth-order valence-corrected chi connectivity index (χ4v) is 4.61. The second-order valence-corrected chi connectivity index (χ2v) is 9.48. The number of amides is 1. The monoisotopic (exact) mass is 459 g/mol. The standard InChI is InChI=1S/C26H37NO6/c1-7-9-12-26-17-22(31-13-8-2)20(15-19-11-10-14-30-19)21(16-23(26)32-18-29-6)27(26)24(28)33-25(3,4)5/h8,10-11,14-15,17,21,23H,2,7,9,12-13,16,18H2,1,3-6H3/t21-,23-,26-/m0/s1. The highest BCUT2D eigenvalue weighted by molar-refractivity contribution is 5.75. The Kier molecular flexibility index (Phi) is 8.08. The molecule has 0 N–H and O–H groups in total. The first kappa shape index (κ1) is 25.1. The molecule has 1 saturated heterocycles. The third kappa shape index (κ3) is 5.53. The number of unbranched alkanes of at least 4 members (excludes halogenated alkanes) is 1. The third-order valence-electron chi connectivity index (χ3n) is 5.89. The number of rotatable bonds is 10. The van der Waals surface area contributed by atoms with Crippen LogP contribution in [0.15, 0.2) is 52.9 Å². The second-order valence-electron chi connectivity index (χ2n) is 9.48. The smallest absolute Gasteiger partial charge is 0.411 e. The van der Waals surface area contributed by atoms with Crippen LogP contribution >= 0.6 is 0 Å². The Labute approximate surface area is 197 Å². The highest BCUT2D eigenvalue weighted by atomic mass is 16.7. The van der Waals surface area contributed by atoms with Gasteiger partial charge in [-0.3, -0.25) is 4.90 Å². The molecule has 7 heteroatoms. The maximum atomic E-state index is 13.6. The summed E-state index contributed by atoms with van der Waals surface area (Å²) >= 11 is 0. The summed E-state index contributed by atoms with van der Waals surface area (Å²) in [5.74, 6) is 1.40. The van der Waals surface area contributed by atoms with Crippen LogP contribution in [0.4, 0.5) is 4.79 Å². The van der Waals surface area contributed by atoms with Crippen LogP contribution in [0.2, 0.25) is 0 Å². The molecule has 1 fully saturated rings. The van der Waals surface area contributed by atoms with E-state index in [-0.39, 0.29) is 25.0 Å². The van der Waals surface area contributed by atoms with Crippen molar-refractivity contribution >= 4 is 12.2 Å². The summed E-state index contributed by atoms with van der Waals surface area (Å²) in [5, 5.41) is 0. The van der Waals surface area contributed by atoms with E-state index in [1.807, 2.05) is 50.0 Å². The zero-order chi connectivity index (χ0) is 24.1. The van der Waals surface area contributed by atoms with E-state index in [2.05, 4.69) is 13.5 Å². The first-order valence-electron chi connectivity index (χ1n) is 11.6. The van der Waals surface area contributed by atoms with Gasteiger partial charge in [-0.15, -0.1) is 0 Å². The van der Waals surface area contributed by atoms with Crippen molar-refractivity contribution in [2.45, 2.75) is 76.7 Å². The summed E-state index contributed by atoms with van der Waals surface area (Å²) in [6, 6.07) is 3.41. The van der Waals surface area contributed by atoms with Gasteiger partial charge in [-0.2, -0.15) is 0 Å². The van der Waals surface area contributed by atoms with Gasteiger partial charge < -0.3 is 23.4 Å². The average molecular weight is 460 g/mol. The molecule has 0 aliphatic carbocycles. The van der Waals surface area contributed by atoms with Gasteiger partial charge in [0.15, 0.2) is 0 Å². The molecule has 0 aromatic carbocycles. The van der Waals surface area contributed by atoms with Gasteiger partial charge in [-0.25, -0.2) is 4.79 Å². The highest BCUT2D eigenvalue weighted by Crippen LogP contribution is 2.50. The number of fused-ring (bicyclic) bond motifs is 2. The van der Waals surface area contributed by atoms with E-state index in [0.717, 1.165) is 30.6 Å². The first-order chi connectivity index (χ1) is 15.8. The molecule has 2 bridgehead atoms. The molecule has 1 amide bonds. The van der Waals surface area contributed by atoms with E-state index < -0.39 is 11.1 Å². The fourth-order valence-electron chi connectivity index (χ4n) is 4.61. The predicted octanol–water partition coefficient (Wildman–Crippen LogP) is 5.69. The van der Waals surface area contributed by atoms with Crippen molar-refractivity contribution in [2.75, 3.05) is 20.5 Å². The van der Waals surface area contributed by atoms with E-state index in [9.17, 15) is 4.79 Å². The van der Waals surface area contributed by atoms with Crippen LogP contribution in [0.1, 0.15) is 59.1 Å². The Morgan fingerprint density at radius 2 is 2.18 bits per heavy atom. The molecule has 1 aromatic heterocycles. The second kappa shape index (κ2) is 10.6. The van der Waals surface area contributed by atoms with Crippen molar-refractivity contribution in [1.82, 2.24) is 4.90 Å². The lowest BCUT2D eigenvalue weighted by Crippen LogP contribution is -2.57. The molecule has 3 atom stereocenters. The molecule has 3 rings (SSSR count). The van der Waals surface area contributed by atoms with Crippen molar-refractivity contribution in [2.24, 2.45) is 0 Å². The number of carbonyl (C=O) groups excluding carboxylic acids is 1. The van der Waals surface area contributed by atoms with Crippen LogP contribution in [0.25, 0.3) is 6.08 Å². The van der Waals surface area contributed by atoms with Crippen molar-refractivity contribution < 1.29 is 28.2 Å². The van der Waals surface area contributed by atoms with Gasteiger partial charge in [0, 0.05) is 19.1 Å². The van der Waals surface area contributed by atoms with E-state index in [1.54, 1.807) is 19.4 Å². The molecular formula is C26H37NO6. The lowest BCUT2D eigenvalue weighted by Gasteiger charge is -2.45. The largest absolute Gasteiger partial charge is 0.489 e. The van der Waals surface area contributed by atoms with E-state index >= 15 is 0 Å². The van der Waals surface area contributed by atoms with Gasteiger partial charge in [-0.05, 0) is 51.5 Å². The molecule has 2 aliphatic heterocycles. The Bertz CT molecular complexity index is 866. The Morgan fingerprint density at radius 3 is 2.79 bits per heavy atom. The van der Waals surface area contributed by atoms with Crippen LogP contribution in [0, 0.1) is 0 Å². The van der Waals surface area contributed by atoms with E-state index in [1.165, 1.54) is 0 Å².